The molecule has 0 atom stereocenters. The third-order valence-corrected chi connectivity index (χ3v) is 0. The van der Waals surface area contributed by atoms with E-state index in [0.717, 1.165) is 0 Å². The molecule has 7 heteroatoms. The molecule has 0 saturated heterocycles. The summed E-state index contributed by atoms with van der Waals surface area (Å²) in [7, 11) is -5.61. The molecule has 7 heavy (non-hydrogen) atoms. The van der Waals surface area contributed by atoms with Crippen LogP contribution in [0, 0.1) is 0 Å². The minimum absolute atomic E-state index is 0. The first kappa shape index (κ1) is 15.9. The molecular weight excluding hydrogens is 238 g/mol. The maximum Gasteiger partial charge on any atom is 2.00 e. The zero-order valence-electron chi connectivity index (χ0n) is 3.55. The molecule has 0 rings (SSSR count). The Labute approximate surface area is 86.0 Å². The Bertz CT molecular complexity index is 27.2. The van der Waals surface area contributed by atoms with Crippen molar-refractivity contribution in [2.24, 2.45) is 0 Å². The van der Waals surface area contributed by atoms with Gasteiger partial charge in [-0.05, 0) is 0 Å². The summed E-state index contributed by atoms with van der Waals surface area (Å²) in [6.45, 7) is 0. The zero-order valence-corrected chi connectivity index (χ0v) is 8.99. The predicted molar refractivity (Wildman–Crippen MR) is 17.3 cm³/mol. The summed E-state index contributed by atoms with van der Waals surface area (Å²) in [5.74, 6) is 0. The van der Waals surface area contributed by atoms with Crippen molar-refractivity contribution < 1.29 is 19.2 Å². The fraction of sp³-hybridized carbons (Fsp3) is 0. The number of hydrogen-bond acceptors (Lipinski definition) is 4. The van der Waals surface area contributed by atoms with Gasteiger partial charge in [-0.25, -0.2) is 0 Å². The molecular formula is BaBeO4Si. The molecule has 0 aliphatic carbocycles. The van der Waals surface area contributed by atoms with E-state index in [9.17, 15) is 0 Å². The van der Waals surface area contributed by atoms with Gasteiger partial charge in [0.05, 0.1) is 0 Å². The van der Waals surface area contributed by atoms with Crippen LogP contribution in [0.5, 0.6) is 0 Å². The van der Waals surface area contributed by atoms with Crippen LogP contribution in [0.3, 0.4) is 0 Å². The van der Waals surface area contributed by atoms with E-state index < -0.39 is 9.05 Å². The van der Waals surface area contributed by atoms with Gasteiger partial charge < -0.3 is 28.2 Å². The van der Waals surface area contributed by atoms with Crippen molar-refractivity contribution in [3.05, 3.63) is 0 Å². The third-order valence-electron chi connectivity index (χ3n) is 0. The van der Waals surface area contributed by atoms with E-state index in [1.54, 1.807) is 0 Å². The van der Waals surface area contributed by atoms with Crippen molar-refractivity contribution in [3.63, 3.8) is 0 Å². The Morgan fingerprint density at radius 1 is 0.857 bits per heavy atom. The fourth-order valence-corrected chi connectivity index (χ4v) is 0. The second kappa shape index (κ2) is 5.93. The van der Waals surface area contributed by atoms with E-state index in [4.69, 9.17) is 19.2 Å². The maximum absolute atomic E-state index is 8.58. The normalized spacial score (nSPS) is 8.57. The Morgan fingerprint density at radius 2 is 0.857 bits per heavy atom. The van der Waals surface area contributed by atoms with Gasteiger partial charge in [0.1, 0.15) is 0 Å². The van der Waals surface area contributed by atoms with Crippen molar-refractivity contribution >= 4 is 68.1 Å². The van der Waals surface area contributed by atoms with Gasteiger partial charge in [0.2, 0.25) is 0 Å². The predicted octanol–water partition coefficient (Wildman–Crippen LogP) is -5.90. The van der Waals surface area contributed by atoms with Gasteiger partial charge in [0, 0.05) is 0 Å². The minimum atomic E-state index is -5.61. The van der Waals surface area contributed by atoms with Crippen LogP contribution < -0.4 is 19.2 Å². The first-order valence-corrected chi connectivity index (χ1v) is 2.45. The summed E-state index contributed by atoms with van der Waals surface area (Å²) < 4.78 is 0. The summed E-state index contributed by atoms with van der Waals surface area (Å²) in [5.41, 5.74) is 0. The molecule has 32 valence electrons. The molecule has 0 fully saturated rings. The molecule has 0 unspecified atom stereocenters. The molecule has 0 heterocycles. The van der Waals surface area contributed by atoms with Gasteiger partial charge in [-0.1, -0.05) is 0 Å². The molecule has 0 aromatic rings. The van der Waals surface area contributed by atoms with Crippen LogP contribution in [0.25, 0.3) is 0 Å². The Kier molecular flexibility index (Phi) is 13.5. The molecule has 0 aromatic carbocycles. The van der Waals surface area contributed by atoms with Crippen LogP contribution in [0.2, 0.25) is 0 Å². The molecule has 0 N–H and O–H groups in total. The van der Waals surface area contributed by atoms with Crippen molar-refractivity contribution in [2.45, 2.75) is 0 Å². The monoisotopic (exact) mass is 239 g/mol. The summed E-state index contributed by atoms with van der Waals surface area (Å²) in [6, 6.07) is 0. The summed E-state index contributed by atoms with van der Waals surface area (Å²) in [6.07, 6.45) is 0. The number of rotatable bonds is 0. The Balaban J connectivity index is -0.0000000800. The summed E-state index contributed by atoms with van der Waals surface area (Å²) in [4.78, 5) is 34.3. The largest absolute Gasteiger partial charge is 2.00 e. The van der Waals surface area contributed by atoms with E-state index in [1.807, 2.05) is 0 Å². The first-order valence-electron chi connectivity index (χ1n) is 0.816. The van der Waals surface area contributed by atoms with Gasteiger partial charge in [-0.2, -0.15) is 0 Å². The summed E-state index contributed by atoms with van der Waals surface area (Å²) in [5, 5.41) is 0. The van der Waals surface area contributed by atoms with Crippen LogP contribution in [-0.2, 0) is 0 Å². The first-order chi connectivity index (χ1) is 2.00. The quantitative estimate of drug-likeness (QED) is 0.393. The van der Waals surface area contributed by atoms with Gasteiger partial charge in [-0.3, -0.25) is 0 Å². The van der Waals surface area contributed by atoms with Crippen LogP contribution in [0.1, 0.15) is 0 Å². The molecule has 0 spiro atoms. The molecule has 0 aliphatic heterocycles. The van der Waals surface area contributed by atoms with E-state index in [0.29, 0.717) is 0 Å². The minimum Gasteiger partial charge on any atom is -0.894 e. The topological polar surface area (TPSA) is 92.2 Å². The van der Waals surface area contributed by atoms with Crippen LogP contribution in [0.15, 0.2) is 0 Å². The van der Waals surface area contributed by atoms with Crippen molar-refractivity contribution in [3.8, 4) is 0 Å². The molecule has 0 aliphatic rings. The Hall–Kier alpha value is 1.80. The third kappa shape index (κ3) is 81.1. The van der Waals surface area contributed by atoms with Crippen LogP contribution in [0.4, 0.5) is 0 Å². The van der Waals surface area contributed by atoms with Crippen LogP contribution >= 0.6 is 0 Å². The Morgan fingerprint density at radius 3 is 0.857 bits per heavy atom. The van der Waals surface area contributed by atoms with E-state index >= 15 is 0 Å². The average Bonchev–Trinajstić information content (AvgIpc) is 0.722. The van der Waals surface area contributed by atoms with E-state index in [1.165, 1.54) is 0 Å². The second-order valence-corrected chi connectivity index (χ2v) is 1.50. The molecule has 0 amide bonds. The summed E-state index contributed by atoms with van der Waals surface area (Å²) >= 11 is 0. The van der Waals surface area contributed by atoms with E-state index in [2.05, 4.69) is 0 Å². The SMILES string of the molecule is [Ba+2].[Be+2].[O-][Si]([O-])([O-])[O-]. The van der Waals surface area contributed by atoms with Gasteiger partial charge in [0.15, 0.2) is 0 Å². The van der Waals surface area contributed by atoms with Crippen molar-refractivity contribution in [1.82, 2.24) is 0 Å². The molecule has 4 nitrogen and oxygen atoms in total. The van der Waals surface area contributed by atoms with E-state index in [-0.39, 0.29) is 59.0 Å². The van der Waals surface area contributed by atoms with Crippen molar-refractivity contribution in [2.75, 3.05) is 0 Å². The fourth-order valence-electron chi connectivity index (χ4n) is 0. The second-order valence-electron chi connectivity index (χ2n) is 0.500. The molecule has 0 saturated carbocycles. The zero-order chi connectivity index (χ0) is 4.50. The van der Waals surface area contributed by atoms with Crippen molar-refractivity contribution in [1.29, 1.82) is 0 Å². The molecule has 0 radical (unpaired) electrons. The average molecular weight is 238 g/mol. The molecule has 0 aromatic heterocycles. The maximum atomic E-state index is 8.58. The standard InChI is InChI=1S/Ba.Be.O4Si/c;;1-5(2,3)4/q2*+2;-4. The molecule has 0 bridgehead atoms. The van der Waals surface area contributed by atoms with Gasteiger partial charge >= 0.3 is 59.0 Å². The van der Waals surface area contributed by atoms with Crippen LogP contribution in [-0.4, -0.2) is 68.1 Å². The number of hydrogen-bond donors (Lipinski definition) is 0. The van der Waals surface area contributed by atoms with Gasteiger partial charge in [-0.15, -0.1) is 0 Å². The smallest absolute Gasteiger partial charge is 0.894 e. The van der Waals surface area contributed by atoms with Gasteiger partial charge in [0.25, 0.3) is 0 Å².